The number of nitrogens with zero attached hydrogens (tertiary/aromatic N) is 1. The molecule has 0 aromatic heterocycles. The maximum absolute atomic E-state index is 12.6. The van der Waals surface area contributed by atoms with Crippen LogP contribution in [-0.4, -0.2) is 46.8 Å². The number of hydrogen-bond donors (Lipinski definition) is 1. The standard InChI is InChI=1S/C14H26N2O2S/c1-5-8-11-12(17)15-14(3,6-2)13(18)16(11)9-7-10-19-4/h11H,5-10H2,1-4H3,(H,15,17). The molecule has 0 aliphatic carbocycles. The molecule has 1 N–H and O–H groups in total. The summed E-state index contributed by atoms with van der Waals surface area (Å²) in [6.07, 6.45) is 5.30. The van der Waals surface area contributed by atoms with Gasteiger partial charge in [0.05, 0.1) is 0 Å². The molecule has 1 heterocycles. The SMILES string of the molecule is CCCC1C(=O)NC(C)(CC)C(=O)N1CCCSC. The largest absolute Gasteiger partial charge is 0.340 e. The van der Waals surface area contributed by atoms with Crippen molar-refractivity contribution >= 4 is 23.6 Å². The van der Waals surface area contributed by atoms with Crippen LogP contribution >= 0.6 is 11.8 Å². The van der Waals surface area contributed by atoms with Crippen LogP contribution in [0.2, 0.25) is 0 Å². The fourth-order valence-corrected chi connectivity index (χ4v) is 2.86. The highest BCUT2D eigenvalue weighted by Gasteiger charge is 2.46. The topological polar surface area (TPSA) is 49.4 Å². The van der Waals surface area contributed by atoms with E-state index in [9.17, 15) is 9.59 Å². The minimum absolute atomic E-state index is 0.00921. The van der Waals surface area contributed by atoms with Gasteiger partial charge in [0, 0.05) is 6.54 Å². The predicted molar refractivity (Wildman–Crippen MR) is 80.2 cm³/mol. The fourth-order valence-electron chi connectivity index (χ4n) is 2.45. The zero-order valence-corrected chi connectivity index (χ0v) is 13.3. The zero-order valence-electron chi connectivity index (χ0n) is 12.5. The van der Waals surface area contributed by atoms with Crippen molar-refractivity contribution in [2.45, 2.75) is 58.0 Å². The Bertz CT molecular complexity index is 335. The summed E-state index contributed by atoms with van der Waals surface area (Å²) in [5.74, 6) is 1.11. The summed E-state index contributed by atoms with van der Waals surface area (Å²) >= 11 is 1.77. The Kier molecular flexibility index (Phi) is 6.17. The summed E-state index contributed by atoms with van der Waals surface area (Å²) in [4.78, 5) is 26.7. The number of rotatable bonds is 7. The second-order valence-corrected chi connectivity index (χ2v) is 6.31. The highest BCUT2D eigenvalue weighted by atomic mass is 32.2. The van der Waals surface area contributed by atoms with Gasteiger partial charge in [-0.05, 0) is 38.2 Å². The summed E-state index contributed by atoms with van der Waals surface area (Å²) in [6.45, 7) is 6.51. The number of nitrogens with one attached hydrogen (secondary N) is 1. The number of thioether (sulfide) groups is 1. The van der Waals surface area contributed by atoms with Crippen molar-refractivity contribution in [3.05, 3.63) is 0 Å². The van der Waals surface area contributed by atoms with Gasteiger partial charge in [-0.2, -0.15) is 11.8 Å². The Hall–Kier alpha value is -0.710. The summed E-state index contributed by atoms with van der Waals surface area (Å²) in [5.41, 5.74) is -0.722. The molecule has 0 bridgehead atoms. The molecule has 19 heavy (non-hydrogen) atoms. The number of piperazine rings is 1. The second kappa shape index (κ2) is 7.17. The molecule has 1 fully saturated rings. The van der Waals surface area contributed by atoms with Crippen LogP contribution < -0.4 is 5.32 Å². The van der Waals surface area contributed by atoms with Crippen LogP contribution in [0.15, 0.2) is 0 Å². The minimum atomic E-state index is -0.722. The lowest BCUT2D eigenvalue weighted by molar-refractivity contribution is -0.154. The van der Waals surface area contributed by atoms with E-state index in [-0.39, 0.29) is 17.9 Å². The maximum atomic E-state index is 12.6. The van der Waals surface area contributed by atoms with Crippen molar-refractivity contribution in [1.29, 1.82) is 0 Å². The molecule has 2 amide bonds. The first-order chi connectivity index (χ1) is 9.00. The van der Waals surface area contributed by atoms with Crippen LogP contribution in [0.4, 0.5) is 0 Å². The van der Waals surface area contributed by atoms with E-state index >= 15 is 0 Å². The first kappa shape index (κ1) is 16.3. The monoisotopic (exact) mass is 286 g/mol. The number of carbonyl (C=O) groups excluding carboxylic acids is 2. The Morgan fingerprint density at radius 1 is 1.37 bits per heavy atom. The molecule has 1 aliphatic rings. The molecule has 0 radical (unpaired) electrons. The van der Waals surface area contributed by atoms with Crippen LogP contribution in [-0.2, 0) is 9.59 Å². The lowest BCUT2D eigenvalue weighted by Crippen LogP contribution is -2.69. The fraction of sp³-hybridized carbons (Fsp3) is 0.857. The Morgan fingerprint density at radius 3 is 2.58 bits per heavy atom. The number of amides is 2. The van der Waals surface area contributed by atoms with E-state index in [1.165, 1.54) is 0 Å². The first-order valence-electron chi connectivity index (χ1n) is 7.12. The summed E-state index contributed by atoms with van der Waals surface area (Å²) in [5, 5.41) is 2.91. The smallest absolute Gasteiger partial charge is 0.248 e. The van der Waals surface area contributed by atoms with Crippen LogP contribution in [0.1, 0.15) is 46.5 Å². The van der Waals surface area contributed by atoms with E-state index < -0.39 is 5.54 Å². The van der Waals surface area contributed by atoms with Crippen LogP contribution in [0.25, 0.3) is 0 Å². The summed E-state index contributed by atoms with van der Waals surface area (Å²) in [7, 11) is 0. The molecular formula is C14H26N2O2S. The molecule has 1 aliphatic heterocycles. The zero-order chi connectivity index (χ0) is 14.5. The highest BCUT2D eigenvalue weighted by molar-refractivity contribution is 7.98. The third kappa shape index (κ3) is 3.65. The summed E-state index contributed by atoms with van der Waals surface area (Å²) in [6, 6.07) is -0.279. The van der Waals surface area contributed by atoms with E-state index in [0.717, 1.165) is 25.0 Å². The highest BCUT2D eigenvalue weighted by Crippen LogP contribution is 2.24. The normalized spacial score (nSPS) is 27.6. The quantitative estimate of drug-likeness (QED) is 0.729. The van der Waals surface area contributed by atoms with Gasteiger partial charge >= 0.3 is 0 Å². The molecule has 5 heteroatoms. The molecule has 1 saturated heterocycles. The van der Waals surface area contributed by atoms with Crippen molar-refractivity contribution in [1.82, 2.24) is 10.2 Å². The molecule has 0 spiro atoms. The van der Waals surface area contributed by atoms with Crippen molar-refractivity contribution < 1.29 is 9.59 Å². The van der Waals surface area contributed by atoms with E-state index in [1.54, 1.807) is 11.8 Å². The second-order valence-electron chi connectivity index (χ2n) is 5.32. The molecule has 110 valence electrons. The van der Waals surface area contributed by atoms with Gasteiger partial charge in [-0.3, -0.25) is 9.59 Å². The Morgan fingerprint density at radius 2 is 2.05 bits per heavy atom. The summed E-state index contributed by atoms with van der Waals surface area (Å²) < 4.78 is 0. The molecule has 0 saturated carbocycles. The van der Waals surface area contributed by atoms with Gasteiger partial charge < -0.3 is 10.2 Å². The van der Waals surface area contributed by atoms with Gasteiger partial charge in [-0.15, -0.1) is 0 Å². The van der Waals surface area contributed by atoms with E-state index in [0.29, 0.717) is 13.0 Å². The van der Waals surface area contributed by atoms with Gasteiger partial charge in [0.15, 0.2) is 0 Å². The average Bonchev–Trinajstić information content (AvgIpc) is 2.39. The molecule has 0 aromatic rings. The molecule has 1 rings (SSSR count). The van der Waals surface area contributed by atoms with Gasteiger partial charge in [0.25, 0.3) is 0 Å². The van der Waals surface area contributed by atoms with Crippen molar-refractivity contribution in [3.8, 4) is 0 Å². The van der Waals surface area contributed by atoms with Gasteiger partial charge in [0.2, 0.25) is 11.8 Å². The van der Waals surface area contributed by atoms with E-state index in [2.05, 4.69) is 11.6 Å². The number of hydrogen-bond acceptors (Lipinski definition) is 3. The van der Waals surface area contributed by atoms with Crippen molar-refractivity contribution in [3.63, 3.8) is 0 Å². The van der Waals surface area contributed by atoms with Gasteiger partial charge in [-0.1, -0.05) is 20.3 Å². The third-order valence-corrected chi connectivity index (χ3v) is 4.52. The Balaban J connectivity index is 2.87. The van der Waals surface area contributed by atoms with Crippen molar-refractivity contribution in [2.24, 2.45) is 0 Å². The van der Waals surface area contributed by atoms with Crippen LogP contribution in [0.5, 0.6) is 0 Å². The van der Waals surface area contributed by atoms with Crippen LogP contribution in [0.3, 0.4) is 0 Å². The third-order valence-electron chi connectivity index (χ3n) is 3.83. The first-order valence-corrected chi connectivity index (χ1v) is 8.51. The minimum Gasteiger partial charge on any atom is -0.340 e. The molecule has 2 unspecified atom stereocenters. The molecule has 4 nitrogen and oxygen atoms in total. The molecule has 0 aromatic carbocycles. The lowest BCUT2D eigenvalue weighted by Gasteiger charge is -2.44. The predicted octanol–water partition coefficient (Wildman–Crippen LogP) is 2.04. The lowest BCUT2D eigenvalue weighted by atomic mass is 9.90. The van der Waals surface area contributed by atoms with Gasteiger partial charge in [0.1, 0.15) is 11.6 Å². The van der Waals surface area contributed by atoms with Crippen LogP contribution in [0, 0.1) is 0 Å². The van der Waals surface area contributed by atoms with E-state index in [4.69, 9.17) is 0 Å². The maximum Gasteiger partial charge on any atom is 0.248 e. The van der Waals surface area contributed by atoms with Gasteiger partial charge in [-0.25, -0.2) is 0 Å². The Labute approximate surface area is 120 Å². The van der Waals surface area contributed by atoms with E-state index in [1.807, 2.05) is 25.7 Å². The number of carbonyl (C=O) groups is 2. The van der Waals surface area contributed by atoms with Crippen molar-refractivity contribution in [2.75, 3.05) is 18.6 Å². The molecule has 2 atom stereocenters. The average molecular weight is 286 g/mol. The molecular weight excluding hydrogens is 260 g/mol.